The molecule has 0 aliphatic carbocycles. The second-order valence-electron chi connectivity index (χ2n) is 7.34. The lowest BCUT2D eigenvalue weighted by Gasteiger charge is -2.24. The van der Waals surface area contributed by atoms with Gasteiger partial charge in [-0.15, -0.1) is 0 Å². The molecule has 0 aromatic carbocycles. The molecule has 3 aromatic rings. The van der Waals surface area contributed by atoms with Gasteiger partial charge in [0.1, 0.15) is 28.7 Å². The minimum atomic E-state index is -0.574. The van der Waals surface area contributed by atoms with E-state index in [0.29, 0.717) is 28.8 Å². The molecule has 29 heavy (non-hydrogen) atoms. The van der Waals surface area contributed by atoms with E-state index in [4.69, 9.17) is 15.2 Å². The van der Waals surface area contributed by atoms with Crippen molar-refractivity contribution in [2.45, 2.75) is 26.4 Å². The van der Waals surface area contributed by atoms with Gasteiger partial charge in [-0.1, -0.05) is 0 Å². The van der Waals surface area contributed by atoms with E-state index in [-0.39, 0.29) is 0 Å². The van der Waals surface area contributed by atoms with E-state index < -0.39 is 11.7 Å². The molecular weight excluding hydrogens is 370 g/mol. The molecule has 3 rings (SSSR count). The summed E-state index contributed by atoms with van der Waals surface area (Å²) in [6, 6.07) is 10.5. The van der Waals surface area contributed by atoms with Crippen LogP contribution in [-0.4, -0.2) is 33.7 Å². The second kappa shape index (κ2) is 8.14. The zero-order valence-electron chi connectivity index (χ0n) is 16.8. The van der Waals surface area contributed by atoms with Gasteiger partial charge in [0.25, 0.3) is 0 Å². The van der Waals surface area contributed by atoms with E-state index in [1.54, 1.807) is 56.0 Å². The molecule has 0 saturated carbocycles. The van der Waals surface area contributed by atoms with Crippen LogP contribution < -0.4 is 15.4 Å². The Hall–Kier alpha value is -3.68. The summed E-state index contributed by atoms with van der Waals surface area (Å²) in [6.07, 6.45) is 4.38. The average Bonchev–Trinajstić information content (AvgIpc) is 2.68. The second-order valence-corrected chi connectivity index (χ2v) is 7.34. The van der Waals surface area contributed by atoms with Crippen molar-refractivity contribution in [1.29, 1.82) is 0 Å². The molecule has 0 aliphatic rings. The molecule has 0 unspecified atom stereocenters. The van der Waals surface area contributed by atoms with Crippen LogP contribution in [0.4, 0.5) is 16.4 Å². The van der Waals surface area contributed by atoms with E-state index in [2.05, 4.69) is 15.0 Å². The number of amides is 1. The molecule has 0 aliphatic heterocycles. The summed E-state index contributed by atoms with van der Waals surface area (Å²) in [4.78, 5) is 26.2. The summed E-state index contributed by atoms with van der Waals surface area (Å²) in [5.74, 6) is 2.08. The van der Waals surface area contributed by atoms with Crippen LogP contribution in [0.15, 0.2) is 55.0 Å². The number of aromatic nitrogens is 3. The summed E-state index contributed by atoms with van der Waals surface area (Å²) in [7, 11) is 1.61. The maximum atomic E-state index is 12.2. The van der Waals surface area contributed by atoms with Crippen molar-refractivity contribution >= 4 is 17.7 Å². The predicted octanol–water partition coefficient (Wildman–Crippen LogP) is 4.28. The molecule has 3 heterocycles. The number of rotatable bonds is 4. The number of anilines is 2. The average molecular weight is 393 g/mol. The van der Waals surface area contributed by atoms with Gasteiger partial charge in [-0.3, -0.25) is 9.88 Å². The molecule has 1 amide bonds. The highest BCUT2D eigenvalue weighted by Gasteiger charge is 2.21. The van der Waals surface area contributed by atoms with E-state index >= 15 is 0 Å². The lowest BCUT2D eigenvalue weighted by Crippen LogP contribution is -2.34. The standard InChI is InChI=1S/C21H23N5O3/c1-21(2,3)29-20(27)26(4)19-8-5-14(12-25-19)17-11-15(9-10-23-17)28-16-6-7-18(22)24-13-16/h5-13H,1-4H3,(H2,22,24). The van der Waals surface area contributed by atoms with Crippen LogP contribution >= 0.6 is 0 Å². The van der Waals surface area contributed by atoms with Crippen molar-refractivity contribution in [2.75, 3.05) is 17.7 Å². The van der Waals surface area contributed by atoms with Crippen LogP contribution in [0.2, 0.25) is 0 Å². The Morgan fingerprint density at radius 3 is 2.41 bits per heavy atom. The molecule has 0 saturated heterocycles. The molecule has 0 spiro atoms. The van der Waals surface area contributed by atoms with Gasteiger partial charge in [0.2, 0.25) is 0 Å². The molecule has 0 fully saturated rings. The Bertz CT molecular complexity index is 982. The zero-order valence-corrected chi connectivity index (χ0v) is 16.8. The summed E-state index contributed by atoms with van der Waals surface area (Å²) in [5, 5.41) is 0. The first-order chi connectivity index (χ1) is 13.7. The number of carbonyl (C=O) groups is 1. The fraction of sp³-hybridized carbons (Fsp3) is 0.238. The fourth-order valence-electron chi connectivity index (χ4n) is 2.38. The third-order valence-electron chi connectivity index (χ3n) is 3.78. The maximum Gasteiger partial charge on any atom is 0.415 e. The lowest BCUT2D eigenvalue weighted by atomic mass is 10.2. The number of pyridine rings is 3. The van der Waals surface area contributed by atoms with E-state index in [1.807, 2.05) is 26.8 Å². The van der Waals surface area contributed by atoms with Crippen molar-refractivity contribution in [2.24, 2.45) is 0 Å². The van der Waals surface area contributed by atoms with Crippen molar-refractivity contribution in [3.05, 3.63) is 55.0 Å². The molecule has 0 bridgehead atoms. The SMILES string of the molecule is CN(C(=O)OC(C)(C)C)c1ccc(-c2cc(Oc3ccc(N)nc3)ccn2)cn1. The van der Waals surface area contributed by atoms with Gasteiger partial charge >= 0.3 is 6.09 Å². The predicted molar refractivity (Wildman–Crippen MR) is 111 cm³/mol. The first-order valence-electron chi connectivity index (χ1n) is 9.00. The minimum Gasteiger partial charge on any atom is -0.456 e. The van der Waals surface area contributed by atoms with Crippen molar-refractivity contribution in [3.8, 4) is 22.8 Å². The van der Waals surface area contributed by atoms with E-state index in [0.717, 1.165) is 5.56 Å². The number of nitrogens with zero attached hydrogens (tertiary/aromatic N) is 4. The van der Waals surface area contributed by atoms with E-state index in [9.17, 15) is 4.79 Å². The van der Waals surface area contributed by atoms with Crippen LogP contribution in [0.5, 0.6) is 11.5 Å². The highest BCUT2D eigenvalue weighted by Crippen LogP contribution is 2.26. The first-order valence-corrected chi connectivity index (χ1v) is 9.00. The van der Waals surface area contributed by atoms with Crippen molar-refractivity contribution in [1.82, 2.24) is 15.0 Å². The van der Waals surface area contributed by atoms with Crippen LogP contribution in [-0.2, 0) is 4.74 Å². The van der Waals surface area contributed by atoms with Gasteiger partial charge < -0.3 is 15.2 Å². The fourth-order valence-corrected chi connectivity index (χ4v) is 2.38. The smallest absolute Gasteiger partial charge is 0.415 e. The normalized spacial score (nSPS) is 11.0. The number of ether oxygens (including phenoxy) is 2. The molecule has 150 valence electrons. The molecular formula is C21H23N5O3. The number of nitrogens with two attached hydrogens (primary N) is 1. The molecule has 8 heteroatoms. The first kappa shape index (κ1) is 20.1. The Labute approximate surface area is 169 Å². The van der Waals surface area contributed by atoms with Gasteiger partial charge in [-0.25, -0.2) is 14.8 Å². The van der Waals surface area contributed by atoms with Gasteiger partial charge in [-0.05, 0) is 51.1 Å². The van der Waals surface area contributed by atoms with Crippen LogP contribution in [0.1, 0.15) is 20.8 Å². The van der Waals surface area contributed by atoms with Crippen LogP contribution in [0.3, 0.4) is 0 Å². The zero-order chi connectivity index (χ0) is 21.0. The Morgan fingerprint density at radius 1 is 1.00 bits per heavy atom. The number of hydrogen-bond donors (Lipinski definition) is 1. The molecule has 0 radical (unpaired) electrons. The van der Waals surface area contributed by atoms with Gasteiger partial charge in [-0.2, -0.15) is 0 Å². The summed E-state index contributed by atoms with van der Waals surface area (Å²) in [5.41, 5.74) is 6.48. The third kappa shape index (κ3) is 5.41. The molecule has 2 N–H and O–H groups in total. The van der Waals surface area contributed by atoms with E-state index in [1.165, 1.54) is 4.90 Å². The van der Waals surface area contributed by atoms with Gasteiger partial charge in [0, 0.05) is 31.1 Å². The van der Waals surface area contributed by atoms with Gasteiger partial charge in [0.05, 0.1) is 11.9 Å². The topological polar surface area (TPSA) is 103 Å². The third-order valence-corrected chi connectivity index (χ3v) is 3.78. The van der Waals surface area contributed by atoms with Crippen LogP contribution in [0.25, 0.3) is 11.3 Å². The Kier molecular flexibility index (Phi) is 5.63. The highest BCUT2D eigenvalue weighted by atomic mass is 16.6. The molecule has 0 atom stereocenters. The minimum absolute atomic E-state index is 0.426. The number of hydrogen-bond acceptors (Lipinski definition) is 7. The van der Waals surface area contributed by atoms with Crippen molar-refractivity contribution in [3.63, 3.8) is 0 Å². The summed E-state index contributed by atoms with van der Waals surface area (Å²) in [6.45, 7) is 5.45. The Balaban J connectivity index is 1.74. The van der Waals surface area contributed by atoms with Crippen LogP contribution in [0, 0.1) is 0 Å². The quantitative estimate of drug-likeness (QED) is 0.705. The summed E-state index contributed by atoms with van der Waals surface area (Å²) < 4.78 is 11.1. The number of nitrogen functional groups attached to an aromatic ring is 1. The Morgan fingerprint density at radius 2 is 1.79 bits per heavy atom. The summed E-state index contributed by atoms with van der Waals surface area (Å²) >= 11 is 0. The largest absolute Gasteiger partial charge is 0.456 e. The molecule has 3 aromatic heterocycles. The molecule has 8 nitrogen and oxygen atoms in total. The highest BCUT2D eigenvalue weighted by molar-refractivity contribution is 5.86. The monoisotopic (exact) mass is 393 g/mol. The van der Waals surface area contributed by atoms with Crippen molar-refractivity contribution < 1.29 is 14.3 Å². The maximum absolute atomic E-state index is 12.2. The number of carbonyl (C=O) groups excluding carboxylic acids is 1. The lowest BCUT2D eigenvalue weighted by molar-refractivity contribution is 0.0588. The van der Waals surface area contributed by atoms with Gasteiger partial charge in [0.15, 0.2) is 0 Å².